The summed E-state index contributed by atoms with van der Waals surface area (Å²) in [5.74, 6) is -0.502. The zero-order valence-corrected chi connectivity index (χ0v) is 16.0. The number of carbonyl (C=O) groups is 1. The van der Waals surface area contributed by atoms with Crippen molar-refractivity contribution in [2.24, 2.45) is 0 Å². The number of para-hydroxylation sites is 1. The molecular formula is C19H18F2N2O4S. The molecular weight excluding hydrogens is 390 g/mol. The van der Waals surface area contributed by atoms with Crippen molar-refractivity contribution in [1.82, 2.24) is 4.98 Å². The first-order valence-corrected chi connectivity index (χ1v) is 9.14. The number of hydrogen-bond donors (Lipinski definition) is 0. The second-order valence-electron chi connectivity index (χ2n) is 5.66. The average molecular weight is 408 g/mol. The lowest BCUT2D eigenvalue weighted by Crippen LogP contribution is -2.33. The molecule has 0 saturated carbocycles. The Kier molecular flexibility index (Phi) is 6.37. The molecule has 0 aliphatic heterocycles. The second kappa shape index (κ2) is 8.94. The molecule has 0 saturated heterocycles. The van der Waals surface area contributed by atoms with Crippen molar-refractivity contribution in [2.45, 2.75) is 6.61 Å². The molecule has 0 bridgehead atoms. The third kappa shape index (κ3) is 4.37. The van der Waals surface area contributed by atoms with Gasteiger partial charge >= 0.3 is 6.61 Å². The van der Waals surface area contributed by atoms with E-state index in [1.807, 2.05) is 24.3 Å². The maximum atomic E-state index is 13.1. The van der Waals surface area contributed by atoms with Crippen molar-refractivity contribution in [2.75, 3.05) is 32.3 Å². The SMILES string of the molecule is COCCN(C(=O)c1ccc(OC)c(OC(F)F)c1)c1nc2ccccc2s1. The van der Waals surface area contributed by atoms with Gasteiger partial charge in [-0.15, -0.1) is 0 Å². The summed E-state index contributed by atoms with van der Waals surface area (Å²) in [6.45, 7) is -2.49. The summed E-state index contributed by atoms with van der Waals surface area (Å²) < 4.78 is 40.9. The number of methoxy groups -OCH3 is 2. The molecule has 0 fully saturated rings. The van der Waals surface area contributed by atoms with E-state index in [0.29, 0.717) is 5.13 Å². The molecule has 0 radical (unpaired) electrons. The molecule has 1 heterocycles. The highest BCUT2D eigenvalue weighted by Gasteiger charge is 2.23. The van der Waals surface area contributed by atoms with Crippen molar-refractivity contribution in [3.63, 3.8) is 0 Å². The van der Waals surface area contributed by atoms with E-state index in [-0.39, 0.29) is 30.2 Å². The molecule has 0 spiro atoms. The Morgan fingerprint density at radius 2 is 1.96 bits per heavy atom. The van der Waals surface area contributed by atoms with Crippen molar-refractivity contribution >= 4 is 32.6 Å². The topological polar surface area (TPSA) is 60.9 Å². The van der Waals surface area contributed by atoms with Crippen molar-refractivity contribution in [1.29, 1.82) is 0 Å². The lowest BCUT2D eigenvalue weighted by atomic mass is 10.1. The molecule has 3 rings (SSSR count). The lowest BCUT2D eigenvalue weighted by Gasteiger charge is -2.20. The van der Waals surface area contributed by atoms with Gasteiger partial charge in [0.2, 0.25) is 0 Å². The van der Waals surface area contributed by atoms with Gasteiger partial charge in [-0.05, 0) is 30.3 Å². The smallest absolute Gasteiger partial charge is 0.387 e. The Balaban J connectivity index is 1.97. The Labute approximate surface area is 164 Å². The number of hydrogen-bond acceptors (Lipinski definition) is 6. The average Bonchev–Trinajstić information content (AvgIpc) is 3.11. The molecule has 0 unspecified atom stereocenters. The number of aromatic nitrogens is 1. The number of ether oxygens (including phenoxy) is 3. The van der Waals surface area contributed by atoms with Crippen molar-refractivity contribution in [3.8, 4) is 11.5 Å². The van der Waals surface area contributed by atoms with Crippen LogP contribution in [0.2, 0.25) is 0 Å². The third-order valence-corrected chi connectivity index (χ3v) is 4.96. The molecule has 6 nitrogen and oxygen atoms in total. The minimum absolute atomic E-state index is 0.111. The molecule has 0 atom stereocenters. The van der Waals surface area contributed by atoms with Gasteiger partial charge in [0.15, 0.2) is 16.6 Å². The number of anilines is 1. The highest BCUT2D eigenvalue weighted by atomic mass is 32.1. The monoisotopic (exact) mass is 408 g/mol. The van der Waals surface area contributed by atoms with Crippen LogP contribution in [0.5, 0.6) is 11.5 Å². The van der Waals surface area contributed by atoms with E-state index in [2.05, 4.69) is 9.72 Å². The van der Waals surface area contributed by atoms with Crippen LogP contribution in [0, 0.1) is 0 Å². The molecule has 0 N–H and O–H groups in total. The van der Waals surface area contributed by atoms with E-state index in [1.165, 1.54) is 48.7 Å². The quantitative estimate of drug-likeness (QED) is 0.559. The lowest BCUT2D eigenvalue weighted by molar-refractivity contribution is -0.0512. The Hall–Kier alpha value is -2.78. The number of halogens is 2. The number of rotatable bonds is 8. The Bertz CT molecular complexity index is 931. The van der Waals surface area contributed by atoms with Gasteiger partial charge in [0.1, 0.15) is 0 Å². The normalized spacial score (nSPS) is 11.0. The summed E-state index contributed by atoms with van der Waals surface area (Å²) in [5.41, 5.74) is 0.945. The van der Waals surface area contributed by atoms with Gasteiger partial charge in [0, 0.05) is 12.7 Å². The largest absolute Gasteiger partial charge is 0.493 e. The Morgan fingerprint density at radius 3 is 2.64 bits per heavy atom. The molecule has 3 aromatic rings. The van der Waals surface area contributed by atoms with E-state index in [4.69, 9.17) is 9.47 Å². The zero-order chi connectivity index (χ0) is 20.1. The van der Waals surface area contributed by atoms with Gasteiger partial charge in [-0.2, -0.15) is 8.78 Å². The van der Waals surface area contributed by atoms with Crippen LogP contribution in [-0.4, -0.2) is 44.9 Å². The Morgan fingerprint density at radius 1 is 1.18 bits per heavy atom. The molecule has 1 aromatic heterocycles. The summed E-state index contributed by atoms with van der Waals surface area (Å²) in [6, 6.07) is 11.7. The summed E-state index contributed by atoms with van der Waals surface area (Å²) in [5, 5.41) is 0.496. The number of fused-ring (bicyclic) bond motifs is 1. The first-order chi connectivity index (χ1) is 13.5. The minimum Gasteiger partial charge on any atom is -0.493 e. The third-order valence-electron chi connectivity index (χ3n) is 3.90. The van der Waals surface area contributed by atoms with Crippen LogP contribution in [0.3, 0.4) is 0 Å². The number of alkyl halides is 2. The summed E-state index contributed by atoms with van der Waals surface area (Å²) >= 11 is 1.36. The minimum atomic E-state index is -3.03. The number of thiazole rings is 1. The van der Waals surface area contributed by atoms with Gasteiger partial charge in [-0.25, -0.2) is 4.98 Å². The standard InChI is InChI=1S/C19H18F2N2O4S/c1-25-10-9-23(19-22-13-5-3-4-6-16(13)28-19)17(24)12-7-8-14(26-2)15(11-12)27-18(20)21/h3-8,11,18H,9-10H2,1-2H3. The predicted molar refractivity (Wildman–Crippen MR) is 103 cm³/mol. The fourth-order valence-corrected chi connectivity index (χ4v) is 3.59. The van der Waals surface area contributed by atoms with Gasteiger partial charge in [0.05, 0.1) is 30.5 Å². The maximum Gasteiger partial charge on any atom is 0.387 e. The van der Waals surface area contributed by atoms with Crippen LogP contribution in [0.1, 0.15) is 10.4 Å². The summed E-state index contributed by atoms with van der Waals surface area (Å²) in [4.78, 5) is 19.1. The van der Waals surface area contributed by atoms with E-state index in [9.17, 15) is 13.6 Å². The van der Waals surface area contributed by atoms with Gasteiger partial charge in [0.25, 0.3) is 5.91 Å². The van der Waals surface area contributed by atoms with E-state index >= 15 is 0 Å². The fourth-order valence-electron chi connectivity index (χ4n) is 2.60. The number of nitrogens with zero attached hydrogens (tertiary/aromatic N) is 2. The van der Waals surface area contributed by atoms with Crippen LogP contribution >= 0.6 is 11.3 Å². The predicted octanol–water partition coefficient (Wildman–Crippen LogP) is 4.20. The highest BCUT2D eigenvalue weighted by molar-refractivity contribution is 7.22. The zero-order valence-electron chi connectivity index (χ0n) is 15.2. The van der Waals surface area contributed by atoms with Crippen LogP contribution in [0.25, 0.3) is 10.2 Å². The van der Waals surface area contributed by atoms with Gasteiger partial charge in [-0.3, -0.25) is 9.69 Å². The first kappa shape index (κ1) is 20.0. The molecule has 0 aliphatic carbocycles. The summed E-state index contributed by atoms with van der Waals surface area (Å²) in [7, 11) is 2.87. The second-order valence-corrected chi connectivity index (χ2v) is 6.67. The van der Waals surface area contributed by atoms with Crippen LogP contribution in [0.4, 0.5) is 13.9 Å². The van der Waals surface area contributed by atoms with E-state index in [0.717, 1.165) is 10.2 Å². The molecule has 28 heavy (non-hydrogen) atoms. The molecule has 9 heteroatoms. The van der Waals surface area contributed by atoms with Gasteiger partial charge in [-0.1, -0.05) is 23.5 Å². The van der Waals surface area contributed by atoms with E-state index in [1.54, 1.807) is 0 Å². The highest BCUT2D eigenvalue weighted by Crippen LogP contribution is 2.32. The van der Waals surface area contributed by atoms with Gasteiger partial charge < -0.3 is 14.2 Å². The molecule has 0 aliphatic rings. The maximum absolute atomic E-state index is 13.1. The number of amides is 1. The van der Waals surface area contributed by atoms with Crippen molar-refractivity contribution < 1.29 is 27.8 Å². The van der Waals surface area contributed by atoms with E-state index < -0.39 is 12.5 Å². The molecule has 148 valence electrons. The first-order valence-electron chi connectivity index (χ1n) is 8.32. The fraction of sp³-hybridized carbons (Fsp3) is 0.263. The molecule has 2 aromatic carbocycles. The van der Waals surface area contributed by atoms with Crippen LogP contribution < -0.4 is 14.4 Å². The number of carbonyl (C=O) groups excluding carboxylic acids is 1. The number of benzene rings is 2. The van der Waals surface area contributed by atoms with Crippen LogP contribution in [0.15, 0.2) is 42.5 Å². The van der Waals surface area contributed by atoms with Crippen molar-refractivity contribution in [3.05, 3.63) is 48.0 Å². The van der Waals surface area contributed by atoms with Crippen LogP contribution in [-0.2, 0) is 4.74 Å². The molecule has 1 amide bonds. The summed E-state index contributed by atoms with van der Waals surface area (Å²) in [6.07, 6.45) is 0.